The molecule has 0 amide bonds. The highest BCUT2D eigenvalue weighted by molar-refractivity contribution is 5.26. The number of H-pyrrole nitrogens is 1. The van der Waals surface area contributed by atoms with Gasteiger partial charge in [-0.05, 0) is 41.6 Å². The number of nitrogens with one attached hydrogen (secondary N) is 1. The minimum Gasteiger partial charge on any atom is -0.497 e. The van der Waals surface area contributed by atoms with Gasteiger partial charge in [0.15, 0.2) is 6.23 Å². The monoisotopic (exact) mass is 537 g/mol. The summed E-state index contributed by atoms with van der Waals surface area (Å²) in [6.07, 6.45) is -2.38. The highest BCUT2D eigenvalue weighted by Gasteiger charge is 2.49. The lowest BCUT2D eigenvalue weighted by Crippen LogP contribution is -2.42. The fourth-order valence-electron chi connectivity index (χ4n) is 4.47. The predicted octanol–water partition coefficient (Wildman–Crippen LogP) is 3.06. The van der Waals surface area contributed by atoms with E-state index in [0.717, 1.165) is 15.7 Å². The summed E-state index contributed by atoms with van der Waals surface area (Å²) in [5.74, 6) is 0.702. The van der Waals surface area contributed by atoms with E-state index < -0.39 is 41.9 Å². The van der Waals surface area contributed by atoms with Gasteiger partial charge in [-0.3, -0.25) is 14.3 Å². The number of aromatic nitrogens is 2. The average molecular weight is 538 g/mol. The number of aliphatic hydroxyl groups is 1. The number of methoxy groups -OCH3 is 1. The smallest absolute Gasteiger partial charge is 0.330 e. The Morgan fingerprint density at radius 1 is 1.10 bits per heavy atom. The van der Waals surface area contributed by atoms with Crippen molar-refractivity contribution in [1.82, 2.24) is 9.55 Å². The summed E-state index contributed by atoms with van der Waals surface area (Å²) < 4.78 is 25.1. The molecule has 1 saturated heterocycles. The number of hydrogen-bond donors (Lipinski definition) is 2. The number of nitrogens with zero attached hydrogens (tertiary/aromatic N) is 4. The zero-order valence-electron chi connectivity index (χ0n) is 21.5. The van der Waals surface area contributed by atoms with E-state index in [9.17, 15) is 14.7 Å². The van der Waals surface area contributed by atoms with Gasteiger partial charge in [0.1, 0.15) is 24.1 Å². The second kappa shape index (κ2) is 13.7. The first-order valence-electron chi connectivity index (χ1n) is 12.6. The maximum Gasteiger partial charge on any atom is 0.330 e. The van der Waals surface area contributed by atoms with Crippen molar-refractivity contribution in [3.63, 3.8) is 0 Å². The molecule has 0 spiro atoms. The Bertz CT molecular complexity index is 1360. The Morgan fingerprint density at radius 2 is 1.85 bits per heavy atom. The van der Waals surface area contributed by atoms with Gasteiger partial charge in [0.2, 0.25) is 0 Å². The van der Waals surface area contributed by atoms with Crippen molar-refractivity contribution in [3.8, 4) is 5.75 Å². The number of rotatable bonds is 13. The Hall–Kier alpha value is -3.93. The van der Waals surface area contributed by atoms with Crippen LogP contribution in [0.1, 0.15) is 30.2 Å². The Morgan fingerprint density at radius 3 is 2.54 bits per heavy atom. The van der Waals surface area contributed by atoms with Crippen LogP contribution in [0.15, 0.2) is 81.6 Å². The zero-order valence-corrected chi connectivity index (χ0v) is 21.5. The second-order valence-electron chi connectivity index (χ2n) is 9.05. The van der Waals surface area contributed by atoms with Crippen LogP contribution in [0.5, 0.6) is 5.75 Å². The molecule has 12 heteroatoms. The number of aromatic amines is 1. The van der Waals surface area contributed by atoms with E-state index >= 15 is 0 Å². The molecule has 0 bridgehead atoms. The fraction of sp³-hybridized carbons (Fsp3) is 0.407. The maximum absolute atomic E-state index is 12.5. The van der Waals surface area contributed by atoms with Crippen molar-refractivity contribution < 1.29 is 24.1 Å². The Labute approximate surface area is 224 Å². The molecule has 12 nitrogen and oxygen atoms in total. The van der Waals surface area contributed by atoms with Gasteiger partial charge in [-0.25, -0.2) is 4.79 Å². The third-order valence-electron chi connectivity index (χ3n) is 6.46. The maximum atomic E-state index is 12.5. The van der Waals surface area contributed by atoms with Gasteiger partial charge in [-0.2, -0.15) is 0 Å². The minimum absolute atomic E-state index is 0.156. The molecule has 2 heterocycles. The van der Waals surface area contributed by atoms with E-state index in [2.05, 4.69) is 15.0 Å². The van der Waals surface area contributed by atoms with E-state index in [1.54, 1.807) is 7.11 Å². The van der Waals surface area contributed by atoms with Crippen LogP contribution >= 0.6 is 0 Å². The summed E-state index contributed by atoms with van der Waals surface area (Å²) in [7, 11) is 1.58. The van der Waals surface area contributed by atoms with Crippen LogP contribution in [-0.4, -0.2) is 52.7 Å². The molecule has 3 aromatic rings. The molecule has 4 unspecified atom stereocenters. The highest BCUT2D eigenvalue weighted by atomic mass is 16.6. The van der Waals surface area contributed by atoms with E-state index in [4.69, 9.17) is 24.5 Å². The third kappa shape index (κ3) is 7.34. The molecule has 5 atom stereocenters. The average Bonchev–Trinajstić information content (AvgIpc) is 3.27. The summed E-state index contributed by atoms with van der Waals surface area (Å²) in [4.78, 5) is 29.1. The van der Waals surface area contributed by atoms with Crippen molar-refractivity contribution in [2.45, 2.75) is 56.7 Å². The number of azide groups is 1. The van der Waals surface area contributed by atoms with E-state index in [0.29, 0.717) is 18.6 Å². The van der Waals surface area contributed by atoms with E-state index in [-0.39, 0.29) is 19.8 Å². The van der Waals surface area contributed by atoms with Crippen molar-refractivity contribution in [1.29, 1.82) is 0 Å². The molecule has 39 heavy (non-hydrogen) atoms. The molecule has 4 rings (SSSR count). The molecule has 1 aromatic heterocycles. The summed E-state index contributed by atoms with van der Waals surface area (Å²) in [5.41, 5.74) is 9.18. The summed E-state index contributed by atoms with van der Waals surface area (Å²) in [6.45, 7) is 0.692. The van der Waals surface area contributed by atoms with Crippen LogP contribution < -0.4 is 16.0 Å². The molecule has 2 aromatic carbocycles. The zero-order chi connectivity index (χ0) is 27.6. The van der Waals surface area contributed by atoms with Crippen LogP contribution in [-0.2, 0) is 27.4 Å². The predicted molar refractivity (Wildman–Crippen MR) is 141 cm³/mol. The lowest BCUT2D eigenvalue weighted by Gasteiger charge is -2.28. The van der Waals surface area contributed by atoms with Gasteiger partial charge in [0, 0.05) is 23.7 Å². The molecule has 0 saturated carbocycles. The summed E-state index contributed by atoms with van der Waals surface area (Å²) in [6, 6.07) is 18.1. The fourth-order valence-corrected chi connectivity index (χ4v) is 4.47. The SMILES string of the molecule is COc1ccc(COC2C(O)C(n3ccc(=O)[nH]c3=O)O[C@@H]2C(CCCN=[N+]=[N-])OCc2ccccc2)cc1. The van der Waals surface area contributed by atoms with Crippen molar-refractivity contribution in [2.75, 3.05) is 13.7 Å². The molecule has 0 radical (unpaired) electrons. The first-order valence-corrected chi connectivity index (χ1v) is 12.6. The molecule has 2 N–H and O–H groups in total. The standard InChI is InChI=1S/C27H31N5O7/c1-36-20-11-9-19(10-12-20)17-38-25-23(34)26(32-15-13-22(33)30-27(32)35)39-24(25)21(8-5-14-29-31-28)37-16-18-6-3-2-4-7-18/h2-4,6-7,9-13,15,21,23-26,34H,5,8,14,16-17H2,1H3,(H,30,33,35)/t21?,23?,24-,25?,26?/m1/s1. The molecule has 1 fully saturated rings. The molecular weight excluding hydrogens is 506 g/mol. The summed E-state index contributed by atoms with van der Waals surface area (Å²) >= 11 is 0. The second-order valence-corrected chi connectivity index (χ2v) is 9.05. The Balaban J connectivity index is 1.60. The van der Waals surface area contributed by atoms with Crippen molar-refractivity contribution in [2.24, 2.45) is 5.11 Å². The minimum atomic E-state index is -1.25. The lowest BCUT2D eigenvalue weighted by atomic mass is 10.0. The van der Waals surface area contributed by atoms with Crippen LogP contribution in [0, 0.1) is 0 Å². The van der Waals surface area contributed by atoms with E-state index in [1.165, 1.54) is 12.3 Å². The van der Waals surface area contributed by atoms with Crippen LogP contribution in [0.4, 0.5) is 0 Å². The lowest BCUT2D eigenvalue weighted by molar-refractivity contribution is -0.127. The molecular formula is C27H31N5O7. The Kier molecular flexibility index (Phi) is 9.90. The molecule has 1 aliphatic rings. The summed E-state index contributed by atoms with van der Waals surface area (Å²) in [5, 5.41) is 14.9. The first-order chi connectivity index (χ1) is 19.0. The molecule has 1 aliphatic heterocycles. The molecule has 0 aliphatic carbocycles. The quantitative estimate of drug-likeness (QED) is 0.147. The van der Waals surface area contributed by atoms with Crippen molar-refractivity contribution >= 4 is 0 Å². The van der Waals surface area contributed by atoms with Crippen molar-refractivity contribution in [3.05, 3.63) is 109 Å². The normalized spacial score (nSPS) is 21.3. The van der Waals surface area contributed by atoms with Crippen LogP contribution in [0.25, 0.3) is 10.4 Å². The number of benzene rings is 2. The van der Waals surface area contributed by atoms with E-state index in [1.807, 2.05) is 54.6 Å². The topological polar surface area (TPSA) is 161 Å². The van der Waals surface area contributed by atoms with Gasteiger partial charge in [-0.1, -0.05) is 47.6 Å². The van der Waals surface area contributed by atoms with Crippen LogP contribution in [0.2, 0.25) is 0 Å². The molecule has 206 valence electrons. The number of hydrogen-bond acceptors (Lipinski definition) is 8. The highest BCUT2D eigenvalue weighted by Crippen LogP contribution is 2.35. The van der Waals surface area contributed by atoms with Gasteiger partial charge in [0.05, 0.1) is 26.4 Å². The van der Waals surface area contributed by atoms with Gasteiger partial charge in [0.25, 0.3) is 5.56 Å². The van der Waals surface area contributed by atoms with Gasteiger partial charge in [-0.15, -0.1) is 0 Å². The van der Waals surface area contributed by atoms with Gasteiger partial charge < -0.3 is 24.1 Å². The third-order valence-corrected chi connectivity index (χ3v) is 6.46. The van der Waals surface area contributed by atoms with Crippen LogP contribution in [0.3, 0.4) is 0 Å². The largest absolute Gasteiger partial charge is 0.497 e. The number of aliphatic hydroxyl groups excluding tert-OH is 1. The first kappa shape index (κ1) is 28.1. The van der Waals surface area contributed by atoms with Gasteiger partial charge >= 0.3 is 5.69 Å². The number of ether oxygens (including phenoxy) is 4.